The summed E-state index contributed by atoms with van der Waals surface area (Å²) in [5.74, 6) is -0.667. The molecule has 0 fully saturated rings. The van der Waals surface area contributed by atoms with Crippen molar-refractivity contribution in [2.24, 2.45) is 0 Å². The number of rotatable bonds is 18. The second-order valence-electron chi connectivity index (χ2n) is 12.4. The highest BCUT2D eigenvalue weighted by Gasteiger charge is 2.46. The average Bonchev–Trinajstić information content (AvgIpc) is 3.47. The molecule has 0 bridgehead atoms. The lowest BCUT2D eigenvalue weighted by molar-refractivity contribution is -0.364. The van der Waals surface area contributed by atoms with Crippen LogP contribution in [0.15, 0.2) is 122 Å². The maximum absolute atomic E-state index is 11.6. The molecule has 2 unspecified atom stereocenters. The van der Waals surface area contributed by atoms with Crippen molar-refractivity contribution < 1.29 is 48.5 Å². The third kappa shape index (κ3) is 8.28. The van der Waals surface area contributed by atoms with E-state index >= 15 is 0 Å². The molecule has 4 aromatic rings. The molecule has 4 aromatic carbocycles. The largest absolute Gasteiger partial charge is 0.491 e. The van der Waals surface area contributed by atoms with Gasteiger partial charge in [-0.3, -0.25) is 0 Å². The second kappa shape index (κ2) is 16.7. The Bertz CT molecular complexity index is 1770. The molecule has 51 heavy (non-hydrogen) atoms. The van der Waals surface area contributed by atoms with Crippen LogP contribution in [0.25, 0.3) is 11.1 Å². The molecule has 2 N–H and O–H groups in total. The topological polar surface area (TPSA) is 130 Å². The summed E-state index contributed by atoms with van der Waals surface area (Å²) in [4.78, 5) is 32.8. The van der Waals surface area contributed by atoms with Crippen molar-refractivity contribution in [1.82, 2.24) is 0 Å². The van der Waals surface area contributed by atoms with Gasteiger partial charge in [0.25, 0.3) is 0 Å². The van der Waals surface area contributed by atoms with Gasteiger partial charge in [0.15, 0.2) is 12.9 Å². The van der Waals surface area contributed by atoms with Gasteiger partial charge in [-0.2, -0.15) is 0 Å². The number of hydrogen-bond acceptors (Lipinski definition) is 10. The Morgan fingerprint density at radius 1 is 0.745 bits per heavy atom. The van der Waals surface area contributed by atoms with Crippen LogP contribution in [0, 0.1) is 0 Å². The minimum absolute atomic E-state index is 0.00921. The van der Waals surface area contributed by atoms with Gasteiger partial charge >= 0.3 is 11.9 Å². The Kier molecular flexibility index (Phi) is 12.2. The zero-order valence-electron chi connectivity index (χ0n) is 28.7. The van der Waals surface area contributed by atoms with Crippen LogP contribution in [0.4, 0.5) is 0 Å². The molecule has 0 saturated carbocycles. The lowest BCUT2D eigenvalue weighted by Crippen LogP contribution is -2.33. The molecule has 0 aromatic heterocycles. The third-order valence-electron chi connectivity index (χ3n) is 8.74. The van der Waals surface area contributed by atoms with Gasteiger partial charge in [0.05, 0.1) is 17.6 Å². The summed E-state index contributed by atoms with van der Waals surface area (Å²) in [7, 11) is 0. The van der Waals surface area contributed by atoms with Crippen molar-refractivity contribution in [2.75, 3.05) is 33.2 Å². The number of hydrogen-bond donors (Lipinski definition) is 2. The number of benzene rings is 4. The maximum Gasteiger partial charge on any atom is 0.330 e. The molecule has 2 atom stereocenters. The van der Waals surface area contributed by atoms with Crippen LogP contribution in [-0.2, 0) is 44.6 Å². The minimum Gasteiger partial charge on any atom is -0.491 e. The summed E-state index contributed by atoms with van der Waals surface area (Å²) in [6, 6.07) is 32.9. The van der Waals surface area contributed by atoms with Gasteiger partial charge < -0.3 is 29.2 Å². The van der Waals surface area contributed by atoms with Crippen LogP contribution in [-0.4, -0.2) is 67.6 Å². The molecule has 266 valence electrons. The third-order valence-corrected chi connectivity index (χ3v) is 8.74. The molecule has 0 heterocycles. The van der Waals surface area contributed by atoms with E-state index in [-0.39, 0.29) is 26.4 Å². The number of carbonyl (C=O) groups is 2. The molecule has 0 aliphatic heterocycles. The van der Waals surface area contributed by atoms with Crippen molar-refractivity contribution in [3.8, 4) is 16.9 Å². The van der Waals surface area contributed by atoms with Gasteiger partial charge in [0.1, 0.15) is 31.7 Å². The first-order chi connectivity index (χ1) is 24.6. The number of aliphatic hydroxyl groups excluding tert-OH is 2. The van der Waals surface area contributed by atoms with Gasteiger partial charge in [-0.15, -0.1) is 0 Å². The highest BCUT2D eigenvalue weighted by Crippen LogP contribution is 2.56. The lowest BCUT2D eigenvalue weighted by Gasteiger charge is -2.35. The van der Waals surface area contributed by atoms with E-state index < -0.39 is 42.0 Å². The number of carbonyl (C=O) groups excluding carboxylic acids is 2. The van der Waals surface area contributed by atoms with E-state index in [9.17, 15) is 14.7 Å². The predicted molar refractivity (Wildman–Crippen MR) is 190 cm³/mol. The molecule has 1 aliphatic carbocycles. The molecule has 10 heteroatoms. The molecule has 1 aliphatic rings. The molecular formula is C41H42O10. The number of fused-ring (bicyclic) bond motifs is 3. The molecule has 0 amide bonds. The van der Waals surface area contributed by atoms with Crippen molar-refractivity contribution >= 4 is 11.9 Å². The number of esters is 2. The molecular weight excluding hydrogens is 652 g/mol. The molecule has 0 radical (unpaired) electrons. The van der Waals surface area contributed by atoms with E-state index in [1.165, 1.54) is 0 Å². The SMILES string of the molecule is C=CC(=O)OCC(O)COc1ccc(C2(c3ccc(C(C)(C)OCC(COC(=O)C=C)OOCO)cc3)c3ccccc3-c3ccccc32)cc1. The predicted octanol–water partition coefficient (Wildman–Crippen LogP) is 5.77. The van der Waals surface area contributed by atoms with E-state index in [4.69, 9.17) is 28.9 Å². The smallest absolute Gasteiger partial charge is 0.330 e. The van der Waals surface area contributed by atoms with Gasteiger partial charge in [-0.1, -0.05) is 98.1 Å². The summed E-state index contributed by atoms with van der Waals surface area (Å²) in [5, 5.41) is 19.3. The fourth-order valence-electron chi connectivity index (χ4n) is 6.27. The molecule has 0 spiro atoms. The highest BCUT2D eigenvalue weighted by atomic mass is 17.2. The molecule has 0 saturated heterocycles. The Labute approximate surface area is 297 Å². The van der Waals surface area contributed by atoms with Crippen LogP contribution >= 0.6 is 0 Å². The molecule has 5 rings (SSSR count). The Morgan fingerprint density at radius 3 is 1.82 bits per heavy atom. The van der Waals surface area contributed by atoms with E-state index in [0.29, 0.717) is 5.75 Å². The summed E-state index contributed by atoms with van der Waals surface area (Å²) in [6.45, 7) is 9.53. The maximum atomic E-state index is 11.6. The second-order valence-corrected chi connectivity index (χ2v) is 12.4. The van der Waals surface area contributed by atoms with Crippen LogP contribution in [0.2, 0.25) is 0 Å². The van der Waals surface area contributed by atoms with Gasteiger partial charge in [0, 0.05) is 12.2 Å². The van der Waals surface area contributed by atoms with Crippen molar-refractivity contribution in [2.45, 2.75) is 37.1 Å². The van der Waals surface area contributed by atoms with E-state index in [2.05, 4.69) is 54.4 Å². The first-order valence-electron chi connectivity index (χ1n) is 16.5. The normalized spacial score (nSPS) is 14.0. The minimum atomic E-state index is -0.998. The fraction of sp³-hybridized carbons (Fsp3) is 0.268. The first kappa shape index (κ1) is 37.2. The molecule has 10 nitrogen and oxygen atoms in total. The summed E-state index contributed by atoms with van der Waals surface area (Å²) >= 11 is 0. The average molecular weight is 695 g/mol. The monoisotopic (exact) mass is 694 g/mol. The van der Waals surface area contributed by atoms with Crippen molar-refractivity contribution in [1.29, 1.82) is 0 Å². The fourth-order valence-corrected chi connectivity index (χ4v) is 6.27. The number of ether oxygens (including phenoxy) is 4. The van der Waals surface area contributed by atoms with E-state index in [0.717, 1.165) is 51.1 Å². The first-order valence-corrected chi connectivity index (χ1v) is 16.5. The summed E-state index contributed by atoms with van der Waals surface area (Å²) in [6.07, 6.45) is 0.300. The van der Waals surface area contributed by atoms with Gasteiger partial charge in [-0.05, 0) is 64.9 Å². The van der Waals surface area contributed by atoms with Crippen LogP contribution < -0.4 is 4.74 Å². The van der Waals surface area contributed by atoms with Crippen LogP contribution in [0.3, 0.4) is 0 Å². The van der Waals surface area contributed by atoms with Crippen molar-refractivity contribution in [3.05, 3.63) is 150 Å². The quantitative estimate of drug-likeness (QED) is 0.0384. The van der Waals surface area contributed by atoms with Crippen LogP contribution in [0.5, 0.6) is 5.75 Å². The standard InChI is InChI=1S/C41H42O10/c1-5-38(44)47-24-31(43)23-46-32-21-19-30(20-22-32)41(36-13-9-7-11-34(36)35-12-8-10-14-37(35)41)29-17-15-28(16-18-29)40(3,4)49-26-33(51-50-27-42)25-48-39(45)6-2/h5-22,31,33,42-43H,1-2,23-27H2,3-4H3. The number of aliphatic hydroxyl groups is 2. The summed E-state index contributed by atoms with van der Waals surface area (Å²) < 4.78 is 22.1. The summed E-state index contributed by atoms with van der Waals surface area (Å²) in [5.41, 5.74) is 6.08. The zero-order valence-corrected chi connectivity index (χ0v) is 28.7. The Morgan fingerprint density at radius 2 is 1.27 bits per heavy atom. The van der Waals surface area contributed by atoms with E-state index in [1.807, 2.05) is 74.5 Å². The van der Waals surface area contributed by atoms with Gasteiger partial charge in [-0.25, -0.2) is 19.4 Å². The zero-order chi connectivity index (χ0) is 36.4. The highest BCUT2D eigenvalue weighted by molar-refractivity contribution is 5.86. The Hall–Kier alpha value is -5.10. The lowest BCUT2D eigenvalue weighted by atomic mass is 9.67. The van der Waals surface area contributed by atoms with Crippen molar-refractivity contribution in [3.63, 3.8) is 0 Å². The van der Waals surface area contributed by atoms with E-state index in [1.54, 1.807) is 0 Å². The van der Waals surface area contributed by atoms with Crippen LogP contribution in [0.1, 0.15) is 41.7 Å². The Balaban J connectivity index is 1.44. The van der Waals surface area contributed by atoms with Gasteiger partial charge in [0.2, 0.25) is 0 Å².